The number of aryl methyl sites for hydroxylation is 1. The van der Waals surface area contributed by atoms with Crippen LogP contribution in [0.4, 0.5) is 11.4 Å². The van der Waals surface area contributed by atoms with Crippen LogP contribution in [0.25, 0.3) is 10.9 Å². The van der Waals surface area contributed by atoms with Gasteiger partial charge >= 0.3 is 0 Å². The summed E-state index contributed by atoms with van der Waals surface area (Å²) in [4.78, 5) is 28.5. The highest BCUT2D eigenvalue weighted by Gasteiger charge is 2.19. The summed E-state index contributed by atoms with van der Waals surface area (Å²) in [6, 6.07) is 6.59. The molecule has 126 valence electrons. The van der Waals surface area contributed by atoms with Crippen molar-refractivity contribution in [2.75, 3.05) is 25.0 Å². The Kier molecular flexibility index (Phi) is 4.59. The van der Waals surface area contributed by atoms with Crippen molar-refractivity contribution in [1.82, 2.24) is 9.88 Å². The molecule has 1 aromatic heterocycles. The predicted octanol–water partition coefficient (Wildman–Crippen LogP) is 2.88. The SMILES string of the molecule is Cc1cc(NCCCN2CCCC2=O)c2cc([N+](=O)[O-])ccc2n1. The van der Waals surface area contributed by atoms with Crippen LogP contribution in [-0.2, 0) is 4.79 Å². The van der Waals surface area contributed by atoms with E-state index in [0.717, 1.165) is 48.2 Å². The van der Waals surface area contributed by atoms with E-state index in [-0.39, 0.29) is 11.6 Å². The fourth-order valence-electron chi connectivity index (χ4n) is 3.04. The number of nitro groups is 1. The van der Waals surface area contributed by atoms with E-state index in [1.807, 2.05) is 17.9 Å². The predicted molar refractivity (Wildman–Crippen MR) is 92.1 cm³/mol. The number of nitrogens with one attached hydrogen (secondary N) is 1. The molecule has 0 spiro atoms. The average molecular weight is 328 g/mol. The smallest absolute Gasteiger partial charge is 0.270 e. The first-order chi connectivity index (χ1) is 11.5. The van der Waals surface area contributed by atoms with E-state index in [4.69, 9.17) is 0 Å². The third-order valence-corrected chi connectivity index (χ3v) is 4.22. The number of nitrogens with zero attached hydrogens (tertiary/aromatic N) is 3. The number of fused-ring (bicyclic) bond motifs is 1. The van der Waals surface area contributed by atoms with Crippen LogP contribution in [0.1, 0.15) is 25.0 Å². The lowest BCUT2D eigenvalue weighted by molar-refractivity contribution is -0.384. The van der Waals surface area contributed by atoms with Crippen molar-refractivity contribution in [2.45, 2.75) is 26.2 Å². The molecule has 1 N–H and O–H groups in total. The maximum atomic E-state index is 11.6. The summed E-state index contributed by atoms with van der Waals surface area (Å²) in [5.74, 6) is 0.232. The molecule has 7 nitrogen and oxygen atoms in total. The van der Waals surface area contributed by atoms with E-state index in [1.165, 1.54) is 6.07 Å². The quantitative estimate of drug-likeness (QED) is 0.500. The number of amides is 1. The molecule has 1 amide bonds. The number of hydrogen-bond acceptors (Lipinski definition) is 5. The lowest BCUT2D eigenvalue weighted by Crippen LogP contribution is -2.27. The van der Waals surface area contributed by atoms with Gasteiger partial charge in [0.05, 0.1) is 10.4 Å². The normalized spacial score (nSPS) is 14.4. The van der Waals surface area contributed by atoms with Gasteiger partial charge in [-0.25, -0.2) is 0 Å². The number of non-ortho nitro benzene ring substituents is 1. The molecule has 3 rings (SSSR count). The molecular formula is C17H20N4O3. The Morgan fingerprint density at radius 3 is 2.92 bits per heavy atom. The van der Waals surface area contributed by atoms with Gasteiger partial charge in [0.15, 0.2) is 0 Å². The number of rotatable bonds is 6. The fourth-order valence-corrected chi connectivity index (χ4v) is 3.04. The van der Waals surface area contributed by atoms with Crippen LogP contribution in [0.3, 0.4) is 0 Å². The molecule has 7 heteroatoms. The maximum Gasteiger partial charge on any atom is 0.270 e. The first kappa shape index (κ1) is 16.2. The number of hydrogen-bond donors (Lipinski definition) is 1. The summed E-state index contributed by atoms with van der Waals surface area (Å²) in [6.45, 7) is 4.19. The van der Waals surface area contributed by atoms with Crippen LogP contribution in [-0.4, -0.2) is 40.3 Å². The van der Waals surface area contributed by atoms with Gasteiger partial charge in [0.25, 0.3) is 5.69 Å². The third kappa shape index (κ3) is 3.45. The van der Waals surface area contributed by atoms with Crippen LogP contribution < -0.4 is 5.32 Å². The van der Waals surface area contributed by atoms with Gasteiger partial charge in [0.2, 0.25) is 5.91 Å². The van der Waals surface area contributed by atoms with Crippen LogP contribution in [0, 0.1) is 17.0 Å². The second kappa shape index (κ2) is 6.82. The van der Waals surface area contributed by atoms with E-state index < -0.39 is 4.92 Å². The first-order valence-electron chi connectivity index (χ1n) is 8.12. The van der Waals surface area contributed by atoms with Crippen LogP contribution in [0.5, 0.6) is 0 Å². The number of anilines is 1. The molecule has 1 aromatic carbocycles. The second-order valence-electron chi connectivity index (χ2n) is 6.03. The lowest BCUT2D eigenvalue weighted by Gasteiger charge is -2.16. The van der Waals surface area contributed by atoms with Crippen molar-refractivity contribution in [3.8, 4) is 0 Å². The highest BCUT2D eigenvalue weighted by Crippen LogP contribution is 2.27. The summed E-state index contributed by atoms with van der Waals surface area (Å²) in [5, 5.41) is 15.1. The van der Waals surface area contributed by atoms with Gasteiger partial charge in [-0.2, -0.15) is 0 Å². The average Bonchev–Trinajstić information content (AvgIpc) is 2.96. The Morgan fingerprint density at radius 2 is 2.21 bits per heavy atom. The molecule has 1 aliphatic heterocycles. The molecule has 2 aromatic rings. The molecule has 0 aliphatic carbocycles. The van der Waals surface area contributed by atoms with Crippen LogP contribution in [0.2, 0.25) is 0 Å². The minimum absolute atomic E-state index is 0.0545. The third-order valence-electron chi connectivity index (χ3n) is 4.22. The minimum Gasteiger partial charge on any atom is -0.384 e. The zero-order valence-electron chi connectivity index (χ0n) is 13.6. The molecule has 0 saturated carbocycles. The lowest BCUT2D eigenvalue weighted by atomic mass is 10.1. The monoisotopic (exact) mass is 328 g/mol. The summed E-state index contributed by atoms with van der Waals surface area (Å²) in [5.41, 5.74) is 2.49. The number of likely N-dealkylation sites (tertiary alicyclic amines) is 1. The van der Waals surface area contributed by atoms with Gasteiger partial charge in [-0.05, 0) is 31.9 Å². The molecule has 0 atom stereocenters. The zero-order valence-corrected chi connectivity index (χ0v) is 13.6. The number of benzene rings is 1. The van der Waals surface area contributed by atoms with Crippen molar-refractivity contribution in [3.63, 3.8) is 0 Å². The number of carbonyl (C=O) groups excluding carboxylic acids is 1. The number of aromatic nitrogens is 1. The molecular weight excluding hydrogens is 308 g/mol. The van der Waals surface area contributed by atoms with Crippen molar-refractivity contribution in [1.29, 1.82) is 0 Å². The Labute approximate surface area is 139 Å². The molecule has 1 saturated heterocycles. The first-order valence-corrected chi connectivity index (χ1v) is 8.12. The molecule has 0 bridgehead atoms. The largest absolute Gasteiger partial charge is 0.384 e. The molecule has 0 radical (unpaired) electrons. The van der Waals surface area contributed by atoms with Crippen molar-refractivity contribution < 1.29 is 9.72 Å². The highest BCUT2D eigenvalue weighted by atomic mass is 16.6. The molecule has 1 fully saturated rings. The van der Waals surface area contributed by atoms with Gasteiger partial charge in [-0.15, -0.1) is 0 Å². The molecule has 24 heavy (non-hydrogen) atoms. The van der Waals surface area contributed by atoms with Gasteiger partial charge in [0, 0.05) is 55.0 Å². The van der Waals surface area contributed by atoms with E-state index in [0.29, 0.717) is 13.0 Å². The van der Waals surface area contributed by atoms with E-state index in [9.17, 15) is 14.9 Å². The fraction of sp³-hybridized carbons (Fsp3) is 0.412. The van der Waals surface area contributed by atoms with Crippen molar-refractivity contribution in [3.05, 3.63) is 40.1 Å². The summed E-state index contributed by atoms with van der Waals surface area (Å²) < 4.78 is 0. The van der Waals surface area contributed by atoms with Crippen molar-refractivity contribution in [2.24, 2.45) is 0 Å². The van der Waals surface area contributed by atoms with E-state index >= 15 is 0 Å². The zero-order chi connectivity index (χ0) is 17.1. The summed E-state index contributed by atoms with van der Waals surface area (Å²) >= 11 is 0. The summed E-state index contributed by atoms with van der Waals surface area (Å²) in [6.07, 6.45) is 2.44. The van der Waals surface area contributed by atoms with Gasteiger partial charge < -0.3 is 10.2 Å². The molecule has 2 heterocycles. The Morgan fingerprint density at radius 1 is 1.38 bits per heavy atom. The van der Waals surface area contributed by atoms with Crippen molar-refractivity contribution >= 4 is 28.2 Å². The minimum atomic E-state index is -0.401. The standard InChI is InChI=1S/C17H20N4O3/c1-12-10-16(18-7-3-9-20-8-2-4-17(20)22)14-11-13(21(23)24)5-6-15(14)19-12/h5-6,10-11H,2-4,7-9H2,1H3,(H,18,19). The maximum absolute atomic E-state index is 11.6. The van der Waals surface area contributed by atoms with Crippen LogP contribution >= 0.6 is 0 Å². The second-order valence-corrected chi connectivity index (χ2v) is 6.03. The van der Waals surface area contributed by atoms with Gasteiger partial charge in [-0.3, -0.25) is 19.9 Å². The van der Waals surface area contributed by atoms with Gasteiger partial charge in [0.1, 0.15) is 0 Å². The topological polar surface area (TPSA) is 88.4 Å². The Bertz CT molecular complexity index is 791. The molecule has 1 aliphatic rings. The number of nitro benzene ring substituents is 1. The number of carbonyl (C=O) groups is 1. The van der Waals surface area contributed by atoms with Gasteiger partial charge in [-0.1, -0.05) is 0 Å². The highest BCUT2D eigenvalue weighted by molar-refractivity contribution is 5.93. The van der Waals surface area contributed by atoms with E-state index in [2.05, 4.69) is 10.3 Å². The van der Waals surface area contributed by atoms with E-state index in [1.54, 1.807) is 12.1 Å². The Balaban J connectivity index is 1.71. The Hall–Kier alpha value is -2.70. The van der Waals surface area contributed by atoms with Crippen LogP contribution in [0.15, 0.2) is 24.3 Å². The summed E-state index contributed by atoms with van der Waals surface area (Å²) in [7, 11) is 0. The molecule has 0 unspecified atom stereocenters. The number of pyridine rings is 1.